The van der Waals surface area contributed by atoms with Gasteiger partial charge in [-0.2, -0.15) is 10.2 Å². The summed E-state index contributed by atoms with van der Waals surface area (Å²) in [5, 5.41) is 8.58. The Morgan fingerprint density at radius 3 is 2.35 bits per heavy atom. The SMILES string of the molecule is CN(C(=O)Cn1cccn1)[C@H](Cc1ccccc1)C1CCN(C(=O)c2cnn(-c3ccccc3)c2)CC1. The summed E-state index contributed by atoms with van der Waals surface area (Å²) in [5.74, 6) is 0.336. The molecule has 0 unspecified atom stereocenters. The summed E-state index contributed by atoms with van der Waals surface area (Å²) in [5.41, 5.74) is 2.72. The Bertz CT molecular complexity index is 1290. The number of para-hydroxylation sites is 1. The van der Waals surface area contributed by atoms with Crippen LogP contribution in [0.1, 0.15) is 28.8 Å². The number of piperidine rings is 1. The summed E-state index contributed by atoms with van der Waals surface area (Å²) in [6, 6.07) is 22.0. The minimum atomic E-state index is 0.00311. The van der Waals surface area contributed by atoms with Gasteiger partial charge in [0, 0.05) is 44.8 Å². The van der Waals surface area contributed by atoms with Crippen LogP contribution < -0.4 is 0 Å². The van der Waals surface area contributed by atoms with Crippen molar-refractivity contribution in [1.29, 1.82) is 0 Å². The highest BCUT2D eigenvalue weighted by Gasteiger charge is 2.33. The molecular weight excluding hydrogens is 464 g/mol. The highest BCUT2D eigenvalue weighted by molar-refractivity contribution is 5.93. The lowest BCUT2D eigenvalue weighted by molar-refractivity contribution is -0.134. The maximum absolute atomic E-state index is 13.2. The van der Waals surface area contributed by atoms with Crippen molar-refractivity contribution >= 4 is 11.8 Å². The number of aromatic nitrogens is 4. The summed E-state index contributed by atoms with van der Waals surface area (Å²) >= 11 is 0. The van der Waals surface area contributed by atoms with Crippen molar-refractivity contribution < 1.29 is 9.59 Å². The quantitative estimate of drug-likeness (QED) is 0.373. The zero-order chi connectivity index (χ0) is 25.6. The molecule has 37 heavy (non-hydrogen) atoms. The second-order valence-corrected chi connectivity index (χ2v) is 9.60. The van der Waals surface area contributed by atoms with Gasteiger partial charge < -0.3 is 9.80 Å². The second kappa shape index (κ2) is 11.2. The predicted octanol–water partition coefficient (Wildman–Crippen LogP) is 3.69. The summed E-state index contributed by atoms with van der Waals surface area (Å²) in [6.45, 7) is 1.54. The van der Waals surface area contributed by atoms with E-state index >= 15 is 0 Å². The average molecular weight is 497 g/mol. The van der Waals surface area contributed by atoms with Gasteiger partial charge in [0.1, 0.15) is 6.54 Å². The predicted molar refractivity (Wildman–Crippen MR) is 141 cm³/mol. The lowest BCUT2D eigenvalue weighted by Gasteiger charge is -2.40. The van der Waals surface area contributed by atoms with Crippen molar-refractivity contribution in [2.75, 3.05) is 20.1 Å². The molecule has 1 saturated heterocycles. The molecule has 3 heterocycles. The van der Waals surface area contributed by atoms with Crippen molar-refractivity contribution in [2.24, 2.45) is 5.92 Å². The van der Waals surface area contributed by atoms with Gasteiger partial charge in [0.2, 0.25) is 5.91 Å². The van der Waals surface area contributed by atoms with E-state index in [4.69, 9.17) is 0 Å². The number of nitrogens with zero attached hydrogens (tertiary/aromatic N) is 6. The topological polar surface area (TPSA) is 76.3 Å². The molecule has 1 fully saturated rings. The van der Waals surface area contributed by atoms with E-state index in [0.717, 1.165) is 24.9 Å². The number of carbonyl (C=O) groups excluding carboxylic acids is 2. The highest BCUT2D eigenvalue weighted by Crippen LogP contribution is 2.27. The molecule has 4 aromatic rings. The molecule has 1 aliphatic rings. The number of likely N-dealkylation sites (N-methyl/N-ethyl adjacent to an activating group) is 1. The molecule has 2 amide bonds. The van der Waals surface area contributed by atoms with Crippen LogP contribution in [0.15, 0.2) is 91.5 Å². The Labute approximate surface area is 217 Å². The van der Waals surface area contributed by atoms with Crippen LogP contribution >= 0.6 is 0 Å². The van der Waals surface area contributed by atoms with E-state index in [1.54, 1.807) is 28.0 Å². The number of amides is 2. The molecular formula is C29H32N6O2. The molecule has 1 atom stereocenters. The van der Waals surface area contributed by atoms with Crippen LogP contribution in [0.4, 0.5) is 0 Å². The van der Waals surface area contributed by atoms with E-state index in [1.165, 1.54) is 5.56 Å². The van der Waals surface area contributed by atoms with E-state index in [0.29, 0.717) is 24.6 Å². The first-order valence-electron chi connectivity index (χ1n) is 12.7. The molecule has 0 radical (unpaired) electrons. The van der Waals surface area contributed by atoms with Gasteiger partial charge in [-0.25, -0.2) is 4.68 Å². The Balaban J connectivity index is 1.25. The zero-order valence-corrected chi connectivity index (χ0v) is 21.1. The molecule has 0 spiro atoms. The lowest BCUT2D eigenvalue weighted by atomic mass is 9.84. The largest absolute Gasteiger partial charge is 0.341 e. The Morgan fingerprint density at radius 2 is 1.68 bits per heavy atom. The zero-order valence-electron chi connectivity index (χ0n) is 21.1. The van der Waals surface area contributed by atoms with Crippen LogP contribution in [-0.4, -0.2) is 67.4 Å². The second-order valence-electron chi connectivity index (χ2n) is 9.60. The van der Waals surface area contributed by atoms with Crippen LogP contribution in [0, 0.1) is 5.92 Å². The fourth-order valence-corrected chi connectivity index (χ4v) is 5.13. The van der Waals surface area contributed by atoms with Gasteiger partial charge in [-0.15, -0.1) is 0 Å². The van der Waals surface area contributed by atoms with E-state index in [2.05, 4.69) is 22.3 Å². The van der Waals surface area contributed by atoms with Gasteiger partial charge in [0.05, 0.1) is 17.4 Å². The molecule has 1 aliphatic heterocycles. The number of benzene rings is 2. The summed E-state index contributed by atoms with van der Waals surface area (Å²) in [4.78, 5) is 30.2. The molecule has 8 heteroatoms. The van der Waals surface area contributed by atoms with Crippen molar-refractivity contribution in [1.82, 2.24) is 29.4 Å². The minimum absolute atomic E-state index is 0.00311. The number of hydrogen-bond donors (Lipinski definition) is 0. The third kappa shape index (κ3) is 5.80. The molecule has 0 saturated carbocycles. The third-order valence-corrected chi connectivity index (χ3v) is 7.26. The van der Waals surface area contributed by atoms with Gasteiger partial charge in [0.15, 0.2) is 0 Å². The molecule has 0 bridgehead atoms. The number of hydrogen-bond acceptors (Lipinski definition) is 4. The van der Waals surface area contributed by atoms with Gasteiger partial charge in [0.25, 0.3) is 5.91 Å². The van der Waals surface area contributed by atoms with E-state index in [9.17, 15) is 9.59 Å². The van der Waals surface area contributed by atoms with Gasteiger partial charge in [-0.3, -0.25) is 14.3 Å². The first-order valence-corrected chi connectivity index (χ1v) is 12.7. The van der Waals surface area contributed by atoms with E-state index in [1.807, 2.05) is 77.6 Å². The number of likely N-dealkylation sites (tertiary alicyclic amines) is 1. The smallest absolute Gasteiger partial charge is 0.257 e. The van der Waals surface area contributed by atoms with Crippen LogP contribution in [0.3, 0.4) is 0 Å². The van der Waals surface area contributed by atoms with Crippen molar-refractivity contribution in [3.8, 4) is 5.69 Å². The monoisotopic (exact) mass is 496 g/mol. The lowest BCUT2D eigenvalue weighted by Crippen LogP contribution is -2.49. The Morgan fingerprint density at radius 1 is 0.973 bits per heavy atom. The van der Waals surface area contributed by atoms with Gasteiger partial charge in [-0.05, 0) is 48.9 Å². The van der Waals surface area contributed by atoms with Gasteiger partial charge in [-0.1, -0.05) is 48.5 Å². The minimum Gasteiger partial charge on any atom is -0.341 e. The van der Waals surface area contributed by atoms with E-state index < -0.39 is 0 Å². The van der Waals surface area contributed by atoms with E-state index in [-0.39, 0.29) is 24.4 Å². The number of carbonyl (C=O) groups is 2. The van der Waals surface area contributed by atoms with Gasteiger partial charge >= 0.3 is 0 Å². The molecule has 8 nitrogen and oxygen atoms in total. The molecule has 0 N–H and O–H groups in total. The molecule has 5 rings (SSSR count). The molecule has 2 aromatic carbocycles. The summed E-state index contributed by atoms with van der Waals surface area (Å²) in [6.07, 6.45) is 9.40. The third-order valence-electron chi connectivity index (χ3n) is 7.26. The molecule has 190 valence electrons. The first kappa shape index (κ1) is 24.5. The fraction of sp³-hybridized carbons (Fsp3) is 0.310. The Kier molecular flexibility index (Phi) is 7.44. The summed E-state index contributed by atoms with van der Waals surface area (Å²) < 4.78 is 3.39. The standard InChI is InChI=1S/C29H32N6O2/c1-32(28(36)22-34-16-8-15-30-34)27(19-23-9-4-2-5-10-23)24-13-17-33(18-14-24)29(37)25-20-31-35(21-25)26-11-6-3-7-12-26/h2-12,15-16,20-21,24,27H,13-14,17-19,22H2,1H3/t27-/m1/s1. The van der Waals surface area contributed by atoms with Crippen molar-refractivity contribution in [3.63, 3.8) is 0 Å². The maximum atomic E-state index is 13.2. The van der Waals surface area contributed by atoms with Crippen LogP contribution in [0.5, 0.6) is 0 Å². The maximum Gasteiger partial charge on any atom is 0.257 e. The Hall–Kier alpha value is -4.20. The molecule has 0 aliphatic carbocycles. The van der Waals surface area contributed by atoms with Crippen molar-refractivity contribution in [3.05, 3.63) is 103 Å². The van der Waals surface area contributed by atoms with Crippen molar-refractivity contribution in [2.45, 2.75) is 31.8 Å². The average Bonchev–Trinajstić information content (AvgIpc) is 3.65. The normalized spacial score (nSPS) is 14.9. The number of rotatable bonds is 8. The first-order chi connectivity index (χ1) is 18.1. The highest BCUT2D eigenvalue weighted by atomic mass is 16.2. The van der Waals surface area contributed by atoms with Crippen LogP contribution in [-0.2, 0) is 17.8 Å². The van der Waals surface area contributed by atoms with Crippen LogP contribution in [0.2, 0.25) is 0 Å². The summed E-state index contributed by atoms with van der Waals surface area (Å²) in [7, 11) is 1.90. The fourth-order valence-electron chi connectivity index (χ4n) is 5.13. The molecule has 2 aromatic heterocycles. The van der Waals surface area contributed by atoms with Crippen LogP contribution in [0.25, 0.3) is 5.69 Å².